The van der Waals surface area contributed by atoms with Crippen LogP contribution < -0.4 is 0 Å². The van der Waals surface area contributed by atoms with Crippen molar-refractivity contribution in [1.82, 2.24) is 0 Å². The highest BCUT2D eigenvalue weighted by Gasteiger charge is 2.02. The molecule has 1 aromatic rings. The minimum atomic E-state index is 0.560. The van der Waals surface area contributed by atoms with Gasteiger partial charge in [0.05, 0.1) is 11.1 Å². The molecule has 1 rings (SSSR count). The normalized spacial score (nSPS) is 8.27. The fourth-order valence-electron chi connectivity index (χ4n) is 0.705. The van der Waals surface area contributed by atoms with Gasteiger partial charge in [0.2, 0.25) is 0 Å². The van der Waals surface area contributed by atoms with Gasteiger partial charge in [0.1, 0.15) is 12.1 Å². The van der Waals surface area contributed by atoms with Gasteiger partial charge in [0.25, 0.3) is 0 Å². The molecule has 2 nitrogen and oxygen atoms in total. The second kappa shape index (κ2) is 3.36. The van der Waals surface area contributed by atoms with Gasteiger partial charge in [-0.3, -0.25) is 0 Å². The molecule has 0 aromatic heterocycles. The number of halogens is 1. The molecule has 0 aliphatic heterocycles. The van der Waals surface area contributed by atoms with E-state index in [9.17, 15) is 0 Å². The minimum absolute atomic E-state index is 0.560. The van der Waals surface area contributed by atoms with E-state index in [1.807, 2.05) is 34.7 Å². The highest BCUT2D eigenvalue weighted by molar-refractivity contribution is 14.1. The molecule has 0 bridgehead atoms. The van der Waals surface area contributed by atoms with Crippen molar-refractivity contribution in [2.24, 2.45) is 0 Å². The van der Waals surface area contributed by atoms with E-state index < -0.39 is 0 Å². The second-order valence-corrected chi connectivity index (χ2v) is 2.97. The quantitative estimate of drug-likeness (QED) is 0.665. The van der Waals surface area contributed by atoms with Crippen LogP contribution >= 0.6 is 22.6 Å². The Hall–Kier alpha value is -1.07. The lowest BCUT2D eigenvalue weighted by Crippen LogP contribution is -1.85. The van der Waals surface area contributed by atoms with Crippen LogP contribution in [-0.2, 0) is 0 Å². The number of nitriles is 2. The van der Waals surface area contributed by atoms with E-state index >= 15 is 0 Å². The van der Waals surface area contributed by atoms with E-state index in [1.165, 1.54) is 0 Å². The maximum atomic E-state index is 8.57. The molecular weight excluding hydrogens is 251 g/mol. The molecule has 52 valence electrons. The molecule has 0 unspecified atom stereocenters. The molecular formula is C8H3IN2. The number of rotatable bonds is 0. The van der Waals surface area contributed by atoms with Crippen molar-refractivity contribution >= 4 is 22.6 Å². The third-order valence-corrected chi connectivity index (χ3v) is 2.40. The first-order valence-corrected chi connectivity index (χ1v) is 3.96. The van der Waals surface area contributed by atoms with E-state index in [0.717, 1.165) is 3.57 Å². The SMILES string of the molecule is N#Cc1cccc(C#N)c1I. The number of hydrogen-bond acceptors (Lipinski definition) is 2. The van der Waals surface area contributed by atoms with Gasteiger partial charge in [0.15, 0.2) is 0 Å². The van der Waals surface area contributed by atoms with E-state index in [1.54, 1.807) is 18.2 Å². The van der Waals surface area contributed by atoms with E-state index in [4.69, 9.17) is 10.5 Å². The van der Waals surface area contributed by atoms with Crippen LogP contribution in [0.3, 0.4) is 0 Å². The maximum absolute atomic E-state index is 8.57. The molecule has 0 radical (unpaired) electrons. The third-order valence-electron chi connectivity index (χ3n) is 1.24. The van der Waals surface area contributed by atoms with Crippen molar-refractivity contribution < 1.29 is 0 Å². The largest absolute Gasteiger partial charge is 0.192 e. The third kappa shape index (κ3) is 1.50. The Morgan fingerprint density at radius 3 is 1.91 bits per heavy atom. The lowest BCUT2D eigenvalue weighted by molar-refractivity contribution is 1.42. The molecule has 3 heteroatoms. The van der Waals surface area contributed by atoms with Crippen LogP contribution in [0.25, 0.3) is 0 Å². The van der Waals surface area contributed by atoms with Gasteiger partial charge in [-0.15, -0.1) is 0 Å². The molecule has 0 spiro atoms. The average Bonchev–Trinajstić information content (AvgIpc) is 2.05. The topological polar surface area (TPSA) is 47.6 Å². The summed E-state index contributed by atoms with van der Waals surface area (Å²) in [6, 6.07) is 9.12. The molecule has 1 aromatic carbocycles. The molecule has 0 amide bonds. The summed E-state index contributed by atoms with van der Waals surface area (Å²) in [6.45, 7) is 0. The van der Waals surface area contributed by atoms with Crippen molar-refractivity contribution in [3.8, 4) is 12.1 Å². The first-order chi connectivity index (χ1) is 5.29. The highest BCUT2D eigenvalue weighted by Crippen LogP contribution is 2.15. The minimum Gasteiger partial charge on any atom is -0.192 e. The smallest absolute Gasteiger partial charge is 0.100 e. The molecule has 0 N–H and O–H groups in total. The summed E-state index contributed by atoms with van der Waals surface area (Å²) in [7, 11) is 0. The first-order valence-electron chi connectivity index (χ1n) is 2.88. The fourth-order valence-corrected chi connectivity index (χ4v) is 1.31. The van der Waals surface area contributed by atoms with Crippen molar-refractivity contribution in [1.29, 1.82) is 10.5 Å². The van der Waals surface area contributed by atoms with Crippen molar-refractivity contribution in [3.63, 3.8) is 0 Å². The molecule has 0 aliphatic carbocycles. The van der Waals surface area contributed by atoms with E-state index in [0.29, 0.717) is 11.1 Å². The zero-order valence-corrected chi connectivity index (χ0v) is 7.66. The predicted octanol–water partition coefficient (Wildman–Crippen LogP) is 2.03. The van der Waals surface area contributed by atoms with Crippen LogP contribution in [0.2, 0.25) is 0 Å². The lowest BCUT2D eigenvalue weighted by Gasteiger charge is -1.94. The Morgan fingerprint density at radius 2 is 1.55 bits per heavy atom. The van der Waals surface area contributed by atoms with Crippen LogP contribution in [-0.4, -0.2) is 0 Å². The van der Waals surface area contributed by atoms with E-state index in [-0.39, 0.29) is 0 Å². The Labute approximate surface area is 78.2 Å². The van der Waals surface area contributed by atoms with Gasteiger partial charge in [-0.2, -0.15) is 10.5 Å². The second-order valence-electron chi connectivity index (χ2n) is 1.89. The Morgan fingerprint density at radius 1 is 1.09 bits per heavy atom. The summed E-state index contributed by atoms with van der Waals surface area (Å²) in [5.74, 6) is 0. The monoisotopic (exact) mass is 254 g/mol. The van der Waals surface area contributed by atoms with Crippen LogP contribution in [0.1, 0.15) is 11.1 Å². The van der Waals surface area contributed by atoms with Crippen LogP contribution in [0, 0.1) is 26.2 Å². The zero-order valence-electron chi connectivity index (χ0n) is 5.50. The molecule has 0 saturated heterocycles. The summed E-state index contributed by atoms with van der Waals surface area (Å²) in [4.78, 5) is 0. The Kier molecular flexibility index (Phi) is 2.45. The molecule has 0 aliphatic rings. The predicted molar refractivity (Wildman–Crippen MR) is 48.6 cm³/mol. The molecule has 0 heterocycles. The fraction of sp³-hybridized carbons (Fsp3) is 0. The average molecular weight is 254 g/mol. The number of hydrogen-bond donors (Lipinski definition) is 0. The summed E-state index contributed by atoms with van der Waals surface area (Å²) >= 11 is 2.00. The van der Waals surface area contributed by atoms with Crippen LogP contribution in [0.5, 0.6) is 0 Å². The standard InChI is InChI=1S/C8H3IN2/c9-8-6(4-10)2-1-3-7(8)5-11/h1-3H. The molecule has 0 atom stereocenters. The van der Waals surface area contributed by atoms with Gasteiger partial charge in [0, 0.05) is 3.57 Å². The highest BCUT2D eigenvalue weighted by atomic mass is 127. The lowest BCUT2D eigenvalue weighted by atomic mass is 10.1. The van der Waals surface area contributed by atoms with Crippen molar-refractivity contribution in [2.45, 2.75) is 0 Å². The van der Waals surface area contributed by atoms with Crippen LogP contribution in [0.15, 0.2) is 18.2 Å². The Bertz CT molecular complexity index is 325. The maximum Gasteiger partial charge on any atom is 0.100 e. The van der Waals surface area contributed by atoms with Gasteiger partial charge >= 0.3 is 0 Å². The number of benzene rings is 1. The van der Waals surface area contributed by atoms with Crippen molar-refractivity contribution in [3.05, 3.63) is 32.9 Å². The summed E-state index contributed by atoms with van der Waals surface area (Å²) in [6.07, 6.45) is 0. The summed E-state index contributed by atoms with van der Waals surface area (Å²) in [5, 5.41) is 17.1. The zero-order chi connectivity index (χ0) is 8.27. The van der Waals surface area contributed by atoms with Crippen molar-refractivity contribution in [2.75, 3.05) is 0 Å². The molecule has 0 fully saturated rings. The van der Waals surface area contributed by atoms with Gasteiger partial charge in [-0.05, 0) is 34.7 Å². The van der Waals surface area contributed by atoms with Gasteiger partial charge < -0.3 is 0 Å². The van der Waals surface area contributed by atoms with E-state index in [2.05, 4.69) is 0 Å². The molecule has 11 heavy (non-hydrogen) atoms. The van der Waals surface area contributed by atoms with Gasteiger partial charge in [-0.25, -0.2) is 0 Å². The molecule has 0 saturated carbocycles. The van der Waals surface area contributed by atoms with Gasteiger partial charge in [-0.1, -0.05) is 6.07 Å². The summed E-state index contributed by atoms with van der Waals surface area (Å²) in [5.41, 5.74) is 1.12. The summed E-state index contributed by atoms with van der Waals surface area (Å²) < 4.78 is 0.732. The van der Waals surface area contributed by atoms with Crippen LogP contribution in [0.4, 0.5) is 0 Å². The first kappa shape index (κ1) is 8.03. The number of nitrogens with zero attached hydrogens (tertiary/aromatic N) is 2. The Balaban J connectivity index is 3.38.